The number of ether oxygens (including phenoxy) is 2. The number of hydrogen-bond donors (Lipinski definition) is 0. The Morgan fingerprint density at radius 2 is 2.18 bits per heavy atom. The van der Waals surface area contributed by atoms with Crippen LogP contribution < -0.4 is 4.74 Å². The van der Waals surface area contributed by atoms with E-state index in [-0.39, 0.29) is 5.78 Å². The standard InChI is InChI=1S/C14H20O3/c1-3-17-9-5-7-13(15)10-12-6-4-8-14(11-12)16-2/h4,6,8,11H,3,5,7,9-10H2,1-2H3. The molecule has 1 aromatic rings. The Labute approximate surface area is 103 Å². The second-order valence-electron chi connectivity index (χ2n) is 3.87. The normalized spacial score (nSPS) is 10.2. The second kappa shape index (κ2) is 7.85. The first-order valence-corrected chi connectivity index (χ1v) is 5.98. The minimum atomic E-state index is 0.248. The third kappa shape index (κ3) is 5.50. The molecule has 0 aliphatic carbocycles. The molecule has 1 rings (SSSR count). The Kier molecular flexibility index (Phi) is 6.33. The fourth-order valence-corrected chi connectivity index (χ4v) is 1.61. The molecule has 3 heteroatoms. The molecule has 0 unspecified atom stereocenters. The number of carbonyl (C=O) groups is 1. The summed E-state index contributed by atoms with van der Waals surface area (Å²) in [6.45, 7) is 3.34. The fourth-order valence-electron chi connectivity index (χ4n) is 1.61. The van der Waals surface area contributed by atoms with Crippen molar-refractivity contribution < 1.29 is 14.3 Å². The van der Waals surface area contributed by atoms with Crippen molar-refractivity contribution >= 4 is 5.78 Å². The van der Waals surface area contributed by atoms with Gasteiger partial charge in [-0.2, -0.15) is 0 Å². The average Bonchev–Trinajstić information content (AvgIpc) is 2.35. The Balaban J connectivity index is 2.34. The molecule has 1 aromatic carbocycles. The summed E-state index contributed by atoms with van der Waals surface area (Å²) in [5.74, 6) is 1.04. The molecule has 0 radical (unpaired) electrons. The quantitative estimate of drug-likeness (QED) is 0.651. The van der Waals surface area contributed by atoms with E-state index in [1.165, 1.54) is 0 Å². The highest BCUT2D eigenvalue weighted by molar-refractivity contribution is 5.80. The van der Waals surface area contributed by atoms with E-state index in [1.54, 1.807) is 7.11 Å². The largest absolute Gasteiger partial charge is 0.497 e. The van der Waals surface area contributed by atoms with Crippen LogP contribution in [-0.4, -0.2) is 26.1 Å². The van der Waals surface area contributed by atoms with Gasteiger partial charge in [-0.25, -0.2) is 0 Å². The number of Topliss-reactive ketones (excluding diaryl/α,β-unsaturated/α-hetero) is 1. The third-order valence-electron chi connectivity index (χ3n) is 2.48. The average molecular weight is 236 g/mol. The van der Waals surface area contributed by atoms with Crippen molar-refractivity contribution in [1.82, 2.24) is 0 Å². The summed E-state index contributed by atoms with van der Waals surface area (Å²) in [7, 11) is 1.63. The molecule has 0 fully saturated rings. The van der Waals surface area contributed by atoms with Crippen molar-refractivity contribution in [2.75, 3.05) is 20.3 Å². The van der Waals surface area contributed by atoms with E-state index < -0.39 is 0 Å². The van der Waals surface area contributed by atoms with Crippen LogP contribution in [0.4, 0.5) is 0 Å². The van der Waals surface area contributed by atoms with E-state index in [2.05, 4.69) is 0 Å². The second-order valence-corrected chi connectivity index (χ2v) is 3.87. The highest BCUT2D eigenvalue weighted by Gasteiger charge is 2.04. The van der Waals surface area contributed by atoms with Gasteiger partial charge in [0.2, 0.25) is 0 Å². The zero-order valence-electron chi connectivity index (χ0n) is 10.6. The lowest BCUT2D eigenvalue weighted by molar-refractivity contribution is -0.118. The molecule has 94 valence electrons. The molecule has 0 spiro atoms. The van der Waals surface area contributed by atoms with E-state index in [9.17, 15) is 4.79 Å². The predicted octanol–water partition coefficient (Wildman–Crippen LogP) is 2.62. The van der Waals surface area contributed by atoms with Crippen molar-refractivity contribution in [3.05, 3.63) is 29.8 Å². The van der Waals surface area contributed by atoms with Gasteiger partial charge in [0.1, 0.15) is 11.5 Å². The number of rotatable bonds is 8. The van der Waals surface area contributed by atoms with Crippen molar-refractivity contribution in [3.63, 3.8) is 0 Å². The van der Waals surface area contributed by atoms with Crippen LogP contribution in [0.5, 0.6) is 5.75 Å². The number of carbonyl (C=O) groups excluding carboxylic acids is 1. The van der Waals surface area contributed by atoms with Crippen LogP contribution in [-0.2, 0) is 16.0 Å². The van der Waals surface area contributed by atoms with Gasteiger partial charge in [0.05, 0.1) is 7.11 Å². The van der Waals surface area contributed by atoms with Crippen LogP contribution in [0.1, 0.15) is 25.3 Å². The van der Waals surface area contributed by atoms with Crippen LogP contribution in [0, 0.1) is 0 Å². The smallest absolute Gasteiger partial charge is 0.137 e. The summed E-state index contributed by atoms with van der Waals surface area (Å²) in [6, 6.07) is 7.63. The molecule has 0 saturated carbocycles. The fraction of sp³-hybridized carbons (Fsp3) is 0.500. The molecular weight excluding hydrogens is 216 g/mol. The molecule has 0 heterocycles. The first-order chi connectivity index (χ1) is 8.26. The molecule has 0 saturated heterocycles. The third-order valence-corrected chi connectivity index (χ3v) is 2.48. The van der Waals surface area contributed by atoms with Gasteiger partial charge in [0.15, 0.2) is 0 Å². The minimum Gasteiger partial charge on any atom is -0.497 e. The topological polar surface area (TPSA) is 35.5 Å². The monoisotopic (exact) mass is 236 g/mol. The summed E-state index contributed by atoms with van der Waals surface area (Å²) < 4.78 is 10.3. The van der Waals surface area contributed by atoms with Gasteiger partial charge in [-0.15, -0.1) is 0 Å². The highest BCUT2D eigenvalue weighted by atomic mass is 16.5. The van der Waals surface area contributed by atoms with E-state index in [0.29, 0.717) is 26.1 Å². The zero-order chi connectivity index (χ0) is 12.5. The Bertz CT molecular complexity index is 347. The Hall–Kier alpha value is -1.35. The first-order valence-electron chi connectivity index (χ1n) is 5.98. The summed E-state index contributed by atoms with van der Waals surface area (Å²) in [6.07, 6.45) is 1.86. The van der Waals surface area contributed by atoms with Gasteiger partial charge >= 0.3 is 0 Å². The van der Waals surface area contributed by atoms with Crippen molar-refractivity contribution in [3.8, 4) is 5.75 Å². The molecular formula is C14H20O3. The molecule has 3 nitrogen and oxygen atoms in total. The number of methoxy groups -OCH3 is 1. The predicted molar refractivity (Wildman–Crippen MR) is 67.4 cm³/mol. The lowest BCUT2D eigenvalue weighted by Gasteiger charge is -2.04. The van der Waals surface area contributed by atoms with Gasteiger partial charge in [-0.3, -0.25) is 4.79 Å². The number of ketones is 1. The molecule has 0 aliphatic heterocycles. The van der Waals surface area contributed by atoms with Crippen molar-refractivity contribution in [1.29, 1.82) is 0 Å². The van der Waals surface area contributed by atoms with E-state index >= 15 is 0 Å². The lowest BCUT2D eigenvalue weighted by atomic mass is 10.1. The van der Waals surface area contributed by atoms with Crippen LogP contribution in [0.2, 0.25) is 0 Å². The summed E-state index contributed by atoms with van der Waals surface area (Å²) in [4.78, 5) is 11.7. The van der Waals surface area contributed by atoms with Gasteiger partial charge in [-0.1, -0.05) is 12.1 Å². The molecule has 0 amide bonds. The molecule has 0 bridgehead atoms. The SMILES string of the molecule is CCOCCCC(=O)Cc1cccc(OC)c1. The Morgan fingerprint density at radius 1 is 1.35 bits per heavy atom. The van der Waals surface area contributed by atoms with E-state index in [0.717, 1.165) is 17.7 Å². The number of hydrogen-bond acceptors (Lipinski definition) is 3. The van der Waals surface area contributed by atoms with Gasteiger partial charge in [0, 0.05) is 26.1 Å². The van der Waals surface area contributed by atoms with Crippen molar-refractivity contribution in [2.45, 2.75) is 26.2 Å². The maximum Gasteiger partial charge on any atom is 0.137 e. The summed E-state index contributed by atoms with van der Waals surface area (Å²) in [5, 5.41) is 0. The Morgan fingerprint density at radius 3 is 2.88 bits per heavy atom. The van der Waals surface area contributed by atoms with Crippen LogP contribution >= 0.6 is 0 Å². The highest BCUT2D eigenvalue weighted by Crippen LogP contribution is 2.13. The lowest BCUT2D eigenvalue weighted by Crippen LogP contribution is -2.05. The number of benzene rings is 1. The molecule has 0 N–H and O–H groups in total. The minimum absolute atomic E-state index is 0.248. The summed E-state index contributed by atoms with van der Waals surface area (Å²) in [5.41, 5.74) is 1.01. The van der Waals surface area contributed by atoms with Crippen LogP contribution in [0.3, 0.4) is 0 Å². The summed E-state index contributed by atoms with van der Waals surface area (Å²) >= 11 is 0. The maximum absolute atomic E-state index is 11.7. The molecule has 17 heavy (non-hydrogen) atoms. The van der Waals surface area contributed by atoms with Crippen LogP contribution in [0.15, 0.2) is 24.3 Å². The molecule has 0 atom stereocenters. The van der Waals surface area contributed by atoms with Gasteiger partial charge in [0.25, 0.3) is 0 Å². The molecule has 0 aromatic heterocycles. The maximum atomic E-state index is 11.7. The first kappa shape index (κ1) is 13.7. The van der Waals surface area contributed by atoms with Crippen LogP contribution in [0.25, 0.3) is 0 Å². The molecule has 0 aliphatic rings. The van der Waals surface area contributed by atoms with Gasteiger partial charge < -0.3 is 9.47 Å². The van der Waals surface area contributed by atoms with E-state index in [1.807, 2.05) is 31.2 Å². The van der Waals surface area contributed by atoms with Gasteiger partial charge in [-0.05, 0) is 31.0 Å². The van der Waals surface area contributed by atoms with Crippen molar-refractivity contribution in [2.24, 2.45) is 0 Å². The van der Waals surface area contributed by atoms with E-state index in [4.69, 9.17) is 9.47 Å². The zero-order valence-corrected chi connectivity index (χ0v) is 10.6.